The molecule has 3 aromatic rings. The third kappa shape index (κ3) is 10.3. The number of hydrogen-bond acceptors (Lipinski definition) is 6. The zero-order valence-electron chi connectivity index (χ0n) is 17.7. The first-order valence-electron chi connectivity index (χ1n) is 9.54. The first kappa shape index (κ1) is 29.7. The fourth-order valence-electron chi connectivity index (χ4n) is 2.15. The van der Waals surface area contributed by atoms with E-state index in [0.29, 0.717) is 46.9 Å². The van der Waals surface area contributed by atoms with Gasteiger partial charge in [-0.05, 0) is 107 Å². The number of rotatable bonds is 3. The number of hydrogen-bond donors (Lipinski definition) is 2. The lowest BCUT2D eigenvalue weighted by Crippen LogP contribution is -2.07. The third-order valence-corrected chi connectivity index (χ3v) is 6.09. The van der Waals surface area contributed by atoms with Gasteiger partial charge in [0, 0.05) is 6.42 Å². The first-order chi connectivity index (χ1) is 16.1. The molecule has 0 saturated carbocycles. The molecule has 176 valence electrons. The van der Waals surface area contributed by atoms with Crippen LogP contribution in [0.5, 0.6) is 17.2 Å². The van der Waals surface area contributed by atoms with E-state index in [4.69, 9.17) is 20.4 Å². The van der Waals surface area contributed by atoms with E-state index in [1.54, 1.807) is 48.5 Å². The van der Waals surface area contributed by atoms with Crippen LogP contribution in [0.25, 0.3) is 0 Å². The van der Waals surface area contributed by atoms with Gasteiger partial charge >= 0.3 is 5.97 Å². The van der Waals surface area contributed by atoms with Crippen molar-refractivity contribution >= 4 is 69.7 Å². The molecule has 2 N–H and O–H groups in total. The molecule has 0 spiro atoms. The molecule has 0 atom stereocenters. The largest absolute Gasteiger partial charge is 0.508 e. The maximum absolute atomic E-state index is 11.3. The monoisotopic (exact) mass is 714 g/mol. The number of aromatic hydroxyl groups is 2. The van der Waals surface area contributed by atoms with Crippen molar-refractivity contribution in [2.24, 2.45) is 0 Å². The topological polar surface area (TPSA) is 114 Å². The minimum Gasteiger partial charge on any atom is -0.508 e. The quantitative estimate of drug-likeness (QED) is 0.210. The lowest BCUT2D eigenvalue weighted by molar-refractivity contribution is -0.134. The van der Waals surface area contributed by atoms with E-state index in [0.717, 1.165) is 6.42 Å². The highest BCUT2D eigenvalue weighted by Gasteiger charge is 2.12. The van der Waals surface area contributed by atoms with Crippen LogP contribution >= 0.6 is 63.7 Å². The summed E-state index contributed by atoms with van der Waals surface area (Å²) in [5, 5.41) is 35.1. The van der Waals surface area contributed by atoms with Crippen LogP contribution in [0.1, 0.15) is 30.9 Å². The second kappa shape index (κ2) is 15.5. The number of carbonyl (C=O) groups excluding carboxylic acids is 1. The van der Waals surface area contributed by atoms with E-state index in [1.165, 1.54) is 0 Å². The van der Waals surface area contributed by atoms with E-state index in [1.807, 2.05) is 25.1 Å². The average molecular weight is 718 g/mol. The number of nitriles is 2. The summed E-state index contributed by atoms with van der Waals surface area (Å²) in [5.74, 6) is 0.567. The highest BCUT2D eigenvalue weighted by Crippen LogP contribution is 2.35. The molecule has 10 heteroatoms. The molecule has 0 saturated heterocycles. The zero-order chi connectivity index (χ0) is 25.7. The van der Waals surface area contributed by atoms with Crippen molar-refractivity contribution in [3.63, 3.8) is 0 Å². The zero-order valence-corrected chi connectivity index (χ0v) is 24.1. The summed E-state index contributed by atoms with van der Waals surface area (Å²) in [5.41, 5.74) is 0.996. The molecule has 0 heterocycles. The third-order valence-electron chi connectivity index (χ3n) is 3.70. The molecule has 0 aliphatic heterocycles. The van der Waals surface area contributed by atoms with Crippen LogP contribution in [0.2, 0.25) is 0 Å². The lowest BCUT2D eigenvalue weighted by atomic mass is 10.2. The van der Waals surface area contributed by atoms with Gasteiger partial charge in [-0.25, -0.2) is 0 Å². The molecule has 0 bridgehead atoms. The fourth-order valence-corrected chi connectivity index (χ4v) is 4.68. The van der Waals surface area contributed by atoms with E-state index >= 15 is 0 Å². The Labute approximate surface area is 231 Å². The standard InChI is InChI=1S/C11H9Br2NO2.C7H3Br2NO.C6H6O/c1-2-3-10(15)16-11-8(12)4-7(6-14)5-9(11)13;8-5-1-4(3-10)2-6(9)7(5)11;7-6-4-2-1-3-5-6/h4-5H,2-3H2,1H3;1-2,11H;1-5,7H. The number of ether oxygens (including phenoxy) is 1. The van der Waals surface area contributed by atoms with Gasteiger partial charge in [0.1, 0.15) is 11.5 Å². The van der Waals surface area contributed by atoms with Crippen molar-refractivity contribution in [3.8, 4) is 29.4 Å². The van der Waals surface area contributed by atoms with E-state index in [-0.39, 0.29) is 11.7 Å². The molecule has 0 radical (unpaired) electrons. The molecule has 0 fully saturated rings. The van der Waals surface area contributed by atoms with Crippen LogP contribution in [0.4, 0.5) is 0 Å². The summed E-state index contributed by atoms with van der Waals surface area (Å²) in [7, 11) is 0. The fraction of sp³-hybridized carbons (Fsp3) is 0.125. The van der Waals surface area contributed by atoms with Gasteiger partial charge in [0.05, 0.1) is 41.2 Å². The van der Waals surface area contributed by atoms with Gasteiger partial charge in [0.25, 0.3) is 0 Å². The summed E-state index contributed by atoms with van der Waals surface area (Å²) in [4.78, 5) is 11.3. The Hall–Kier alpha value is -2.37. The van der Waals surface area contributed by atoms with Gasteiger partial charge in [-0.2, -0.15) is 10.5 Å². The van der Waals surface area contributed by atoms with E-state index in [9.17, 15) is 9.90 Å². The molecular weight excluding hydrogens is 700 g/mol. The Balaban J connectivity index is 0.000000276. The lowest BCUT2D eigenvalue weighted by Gasteiger charge is -2.08. The van der Waals surface area contributed by atoms with Crippen molar-refractivity contribution in [2.45, 2.75) is 19.8 Å². The predicted octanol–water partition coefficient (Wildman–Crippen LogP) is 7.97. The maximum atomic E-state index is 11.3. The number of benzene rings is 3. The van der Waals surface area contributed by atoms with Crippen molar-refractivity contribution in [2.75, 3.05) is 0 Å². The number of phenolic OH excluding ortho intramolecular Hbond substituents is 2. The van der Waals surface area contributed by atoms with Crippen LogP contribution < -0.4 is 4.74 Å². The number of halogens is 4. The van der Waals surface area contributed by atoms with E-state index in [2.05, 4.69) is 63.7 Å². The second-order valence-electron chi connectivity index (χ2n) is 6.34. The van der Waals surface area contributed by atoms with Gasteiger partial charge in [-0.3, -0.25) is 4.79 Å². The van der Waals surface area contributed by atoms with Crippen molar-refractivity contribution in [3.05, 3.63) is 83.6 Å². The van der Waals surface area contributed by atoms with E-state index < -0.39 is 0 Å². The van der Waals surface area contributed by atoms with Gasteiger partial charge < -0.3 is 14.9 Å². The smallest absolute Gasteiger partial charge is 0.311 e. The molecule has 34 heavy (non-hydrogen) atoms. The summed E-state index contributed by atoms with van der Waals surface area (Å²) < 4.78 is 7.38. The Kier molecular flexibility index (Phi) is 13.5. The number of nitrogens with zero attached hydrogens (tertiary/aromatic N) is 2. The van der Waals surface area contributed by atoms with Gasteiger partial charge in [0.2, 0.25) is 0 Å². The van der Waals surface area contributed by atoms with Gasteiger partial charge in [0.15, 0.2) is 5.75 Å². The Bertz CT molecular complexity index is 1160. The molecule has 0 aromatic heterocycles. The molecular formula is C24H18Br4N2O4. The normalized spacial score (nSPS) is 9.26. The maximum Gasteiger partial charge on any atom is 0.311 e. The van der Waals surface area contributed by atoms with Crippen LogP contribution in [-0.2, 0) is 4.79 Å². The minimum atomic E-state index is -0.284. The van der Waals surface area contributed by atoms with Crippen LogP contribution in [0, 0.1) is 22.7 Å². The van der Waals surface area contributed by atoms with Gasteiger partial charge in [-0.1, -0.05) is 25.1 Å². The van der Waals surface area contributed by atoms with Crippen LogP contribution in [0.3, 0.4) is 0 Å². The summed E-state index contributed by atoms with van der Waals surface area (Å²) in [6.07, 6.45) is 1.11. The molecule has 0 amide bonds. The number of carbonyl (C=O) groups is 1. The highest BCUT2D eigenvalue weighted by atomic mass is 79.9. The summed E-state index contributed by atoms with van der Waals surface area (Å²) in [6.45, 7) is 1.91. The van der Waals surface area contributed by atoms with Crippen molar-refractivity contribution in [1.29, 1.82) is 10.5 Å². The van der Waals surface area contributed by atoms with Crippen LogP contribution in [-0.4, -0.2) is 16.2 Å². The van der Waals surface area contributed by atoms with Crippen molar-refractivity contribution in [1.82, 2.24) is 0 Å². The molecule has 0 aliphatic carbocycles. The minimum absolute atomic E-state index is 0.115. The number of esters is 1. The first-order valence-corrected chi connectivity index (χ1v) is 12.7. The molecule has 0 aliphatic rings. The Morgan fingerprint density at radius 3 is 1.65 bits per heavy atom. The SMILES string of the molecule is CCCC(=O)Oc1c(Br)cc(C#N)cc1Br.N#Cc1cc(Br)c(O)c(Br)c1.Oc1ccccc1. The Morgan fingerprint density at radius 2 is 1.29 bits per heavy atom. The number of para-hydroxylation sites is 1. The average Bonchev–Trinajstić information content (AvgIpc) is 2.81. The molecule has 3 rings (SSSR count). The number of phenols is 2. The second-order valence-corrected chi connectivity index (χ2v) is 9.76. The summed E-state index contributed by atoms with van der Waals surface area (Å²) in [6, 6.07) is 19.0. The highest BCUT2D eigenvalue weighted by molar-refractivity contribution is 9.11. The van der Waals surface area contributed by atoms with Crippen molar-refractivity contribution < 1.29 is 19.7 Å². The molecule has 3 aromatic carbocycles. The van der Waals surface area contributed by atoms with Gasteiger partial charge in [-0.15, -0.1) is 0 Å². The summed E-state index contributed by atoms with van der Waals surface area (Å²) >= 11 is 12.7. The predicted molar refractivity (Wildman–Crippen MR) is 143 cm³/mol. The van der Waals surface area contributed by atoms with Crippen LogP contribution in [0.15, 0.2) is 72.5 Å². The molecule has 0 unspecified atom stereocenters. The Morgan fingerprint density at radius 1 is 0.853 bits per heavy atom. The molecule has 6 nitrogen and oxygen atoms in total.